The van der Waals surface area contributed by atoms with E-state index in [2.05, 4.69) is 83.2 Å². The molecule has 0 fully saturated rings. The Morgan fingerprint density at radius 3 is 1.07 bits per heavy atom. The van der Waals surface area contributed by atoms with Crippen molar-refractivity contribution in [2.75, 3.05) is 104 Å². The zero-order valence-electron chi connectivity index (χ0n) is 64.7. The minimum Gasteiger partial charge on any atom is -1.00 e. The van der Waals surface area contributed by atoms with Gasteiger partial charge in [-0.15, -0.1) is 0 Å². The average molecular weight is 1590 g/mol. The summed E-state index contributed by atoms with van der Waals surface area (Å²) in [6.07, 6.45) is 3.09. The molecule has 0 saturated heterocycles. The van der Waals surface area contributed by atoms with Gasteiger partial charge in [0.15, 0.2) is 13.2 Å². The molecular weight excluding hydrogens is 1470 g/mol. The Hall–Kier alpha value is -8.18. The number of benzene rings is 3. The quantitative estimate of drug-likeness (QED) is 0.0135. The first kappa shape index (κ1) is 93.8. The molecule has 0 saturated carbocycles. The van der Waals surface area contributed by atoms with E-state index in [1.165, 1.54) is 37.1 Å². The fourth-order valence-electron chi connectivity index (χ4n) is 12.6. The molecule has 3 aromatic heterocycles. The third-order valence-corrected chi connectivity index (χ3v) is 19.2. The Labute approximate surface area is 632 Å². The number of H-pyrrole nitrogens is 1. The number of esters is 2. The Kier molecular flexibility index (Phi) is 39.1. The van der Waals surface area contributed by atoms with Gasteiger partial charge in [-0.05, 0) is 168 Å². The number of fused-ring (bicyclic) bond motifs is 3. The topological polar surface area (TPSA) is 367 Å². The van der Waals surface area contributed by atoms with Gasteiger partial charge in [-0.1, -0.05) is 34.1 Å². The second-order valence-electron chi connectivity index (χ2n) is 27.1. The number of Topliss-reactive ketones (excluding diaryl/α,β-unsaturated/α-hetero) is 3. The third-order valence-electron chi connectivity index (χ3n) is 18.7. The molecule has 0 spiro atoms. The van der Waals surface area contributed by atoms with Crippen LogP contribution in [0.25, 0.3) is 32.7 Å². The van der Waals surface area contributed by atoms with E-state index < -0.39 is 76.8 Å². The van der Waals surface area contributed by atoms with Gasteiger partial charge in [0.2, 0.25) is 0 Å². The van der Waals surface area contributed by atoms with Gasteiger partial charge in [0.05, 0.1) is 134 Å². The molecule has 0 aliphatic rings. The summed E-state index contributed by atoms with van der Waals surface area (Å²) in [6, 6.07) is 15.6. The first-order valence-corrected chi connectivity index (χ1v) is 36.5. The van der Waals surface area contributed by atoms with Crippen LogP contribution in [0.5, 0.6) is 17.2 Å². The van der Waals surface area contributed by atoms with Crippen molar-refractivity contribution < 1.29 is 112 Å². The maximum absolute atomic E-state index is 12.8. The molecule has 0 atom stereocenters. The van der Waals surface area contributed by atoms with Crippen molar-refractivity contribution in [1.82, 2.24) is 14.1 Å². The minimum atomic E-state index is -1.38. The first-order chi connectivity index (χ1) is 48.2. The van der Waals surface area contributed by atoms with Crippen molar-refractivity contribution in [2.24, 2.45) is 17.2 Å². The van der Waals surface area contributed by atoms with Crippen LogP contribution in [0.3, 0.4) is 0 Å². The zero-order valence-corrected chi connectivity index (χ0v) is 67.9. The van der Waals surface area contributed by atoms with Gasteiger partial charge in [-0.2, -0.15) is 0 Å². The Morgan fingerprint density at radius 1 is 0.471 bits per heavy atom. The highest BCUT2D eigenvalue weighted by Gasteiger charge is 2.31. The molecule has 0 aliphatic carbocycles. The Morgan fingerprint density at radius 2 is 0.769 bits per heavy atom. The van der Waals surface area contributed by atoms with Crippen molar-refractivity contribution in [3.8, 4) is 17.2 Å². The molecule has 7 N–H and O–H groups in total. The molecule has 0 aliphatic heterocycles. The number of carbonyl (C=O) groups excluding carboxylic acids is 10. The van der Waals surface area contributed by atoms with Crippen LogP contribution < -0.4 is 58.6 Å². The van der Waals surface area contributed by atoms with Crippen LogP contribution in [-0.2, 0) is 56.1 Å². The number of amides is 3. The number of aryl methyl sites for hydroxylation is 3. The minimum absolute atomic E-state index is 0. The fourth-order valence-corrected chi connectivity index (χ4v) is 12.8. The number of carboxylic acid groups (broad SMARTS) is 2. The molecular formula is C76H115Br2N9O17. The molecule has 3 aromatic carbocycles. The second-order valence-corrected chi connectivity index (χ2v) is 27.9. The molecule has 104 heavy (non-hydrogen) atoms. The van der Waals surface area contributed by atoms with E-state index in [0.29, 0.717) is 68.9 Å². The van der Waals surface area contributed by atoms with Gasteiger partial charge in [0.1, 0.15) is 35.1 Å². The summed E-state index contributed by atoms with van der Waals surface area (Å²) in [4.78, 5) is 119. The highest BCUT2D eigenvalue weighted by atomic mass is 79.9. The van der Waals surface area contributed by atoms with E-state index in [4.69, 9.17) is 50.8 Å². The number of aromatic nitrogens is 3. The number of nitrogens with one attached hydrogen (secondary N) is 1. The third kappa shape index (κ3) is 27.1. The molecule has 0 unspecified atom stereocenters. The molecule has 580 valence electrons. The fraction of sp³-hybridized carbons (Fsp3) is 0.553. The van der Waals surface area contributed by atoms with Gasteiger partial charge in [0.25, 0.3) is 35.1 Å². The van der Waals surface area contributed by atoms with Crippen LogP contribution in [0, 0.1) is 20.8 Å². The molecule has 0 bridgehead atoms. The first-order valence-electron chi connectivity index (χ1n) is 35.4. The lowest BCUT2D eigenvalue weighted by Gasteiger charge is -2.36. The number of carbonyl (C=O) groups is 10. The number of alkyl halides is 1. The Balaban J connectivity index is 0.000000712. The van der Waals surface area contributed by atoms with Crippen molar-refractivity contribution in [3.05, 3.63) is 88.4 Å². The summed E-state index contributed by atoms with van der Waals surface area (Å²) < 4.78 is 34.5. The van der Waals surface area contributed by atoms with Gasteiger partial charge < -0.3 is 105 Å². The van der Waals surface area contributed by atoms with E-state index in [1.54, 1.807) is 91.8 Å². The number of quaternary nitrogens is 3. The number of rotatable bonds is 35. The highest BCUT2D eigenvalue weighted by molar-refractivity contribution is 9.09. The molecule has 28 heteroatoms. The molecule has 26 nitrogen and oxygen atoms in total. The van der Waals surface area contributed by atoms with E-state index in [1.807, 2.05) is 34.3 Å². The maximum Gasteiger partial charge on any atom is 0.344 e. The standard InChI is InChI=1S/C26H39N3O5.C22H31N3O5.C17H20N2O5.C9H21BrN.C2H4O2.BrH/c1-8-29(9-2,10-3)16-12-15-28-18(4)22(24(31)25(27)32)23-19(28)13-11-14-20(23)33-17-21(30)34-26(5,6)7;1-5-25(6-2,7-3)13-9-12-24-15(4)19(21(28)22(23)29)20-16(24)10-8-11-17(20)30-14-18(26)27;1-9-13(15(21)16(18)22)14-10(19-9)6-5-7-11(14)23-8-12(20)24-17(2,3)4;1-4-11(5-2,6-3)9-7-8-10;1-2(3)4;/h11,13-14H,8-10,12,15-17H2,1-7H3,(H-,27,32);8,10-11H,5-7,9,12-14H2,1-4H3,(H2-,23,26,27,29);5-7,19H,8H2,1-4H3,(H2,18,22);4-9H2,1-3H3;1H3,(H,3,4);1H/q;;;+1;;/p-1. The number of ether oxygens (including phenoxy) is 5. The number of nitrogens with two attached hydrogens (primary N) is 3. The predicted octanol–water partition coefficient (Wildman–Crippen LogP) is 4.89. The predicted molar refractivity (Wildman–Crippen MR) is 399 cm³/mol. The lowest BCUT2D eigenvalue weighted by atomic mass is 10.1. The van der Waals surface area contributed by atoms with Crippen molar-refractivity contribution in [2.45, 2.75) is 175 Å². The number of nitrogens with zero attached hydrogens (tertiary/aromatic N) is 5. The number of hydrogen-bond acceptors (Lipinski definition) is 17. The average Bonchev–Trinajstić information content (AvgIpc) is 1.63. The van der Waals surface area contributed by atoms with Gasteiger partial charge >= 0.3 is 11.9 Å². The molecule has 3 amide bonds. The SMILES string of the molecule is CC(=O)[O-].CC[N+](CC)(CC)CCCBr.CC[N+](CC)(CC)CCCn1c(C)c(C(=O)C(N)=O)c2c(OCC(=O)OC(C)(C)C)cccc21.CC[N+](CC)(CC)CCCn1c(C)c(C(=O)C(N)=O)c2c(OCC(=O)[O-])cccc21.Cc1[nH]c2cccc(OCC(=O)OC(C)(C)C)c2c1C(=O)C(N)=O.[Br-]. The normalized spacial score (nSPS) is 11.4. The van der Waals surface area contributed by atoms with Crippen LogP contribution >= 0.6 is 15.9 Å². The number of ketones is 3. The van der Waals surface area contributed by atoms with E-state index >= 15 is 0 Å². The van der Waals surface area contributed by atoms with Gasteiger partial charge in [-0.25, -0.2) is 9.59 Å². The van der Waals surface area contributed by atoms with E-state index in [-0.39, 0.29) is 52.6 Å². The van der Waals surface area contributed by atoms with Crippen LogP contribution in [0.2, 0.25) is 0 Å². The number of aromatic amines is 1. The lowest BCUT2D eigenvalue weighted by Crippen LogP contribution is -3.00. The molecule has 0 radical (unpaired) electrons. The second kappa shape index (κ2) is 43.3. The number of carboxylic acids is 2. The number of primary amides is 3. The van der Waals surface area contributed by atoms with Crippen molar-refractivity contribution in [1.29, 1.82) is 0 Å². The molecule has 6 rings (SSSR count). The summed E-state index contributed by atoms with van der Waals surface area (Å²) in [5, 5.41) is 22.2. The summed E-state index contributed by atoms with van der Waals surface area (Å²) in [5.74, 6) is -8.20. The number of halogens is 2. The number of aliphatic carboxylic acids is 2. The van der Waals surface area contributed by atoms with Crippen molar-refractivity contribution in [3.63, 3.8) is 0 Å². The number of hydrogen-bond donors (Lipinski definition) is 4. The van der Waals surface area contributed by atoms with Crippen LogP contribution in [0.4, 0.5) is 0 Å². The van der Waals surface area contributed by atoms with Crippen LogP contribution in [-0.4, -0.2) is 201 Å². The summed E-state index contributed by atoms with van der Waals surface area (Å²) in [7, 11) is 0. The summed E-state index contributed by atoms with van der Waals surface area (Å²) in [5.41, 5.74) is 18.9. The monoisotopic (exact) mass is 1580 g/mol. The van der Waals surface area contributed by atoms with Crippen molar-refractivity contribution >= 4 is 108 Å². The van der Waals surface area contributed by atoms with Gasteiger partial charge in [0, 0.05) is 60.7 Å². The highest BCUT2D eigenvalue weighted by Crippen LogP contribution is 2.37. The van der Waals surface area contributed by atoms with Crippen LogP contribution in [0.1, 0.15) is 178 Å². The van der Waals surface area contributed by atoms with E-state index in [9.17, 15) is 48.3 Å². The lowest BCUT2D eigenvalue weighted by molar-refractivity contribution is -0.923. The van der Waals surface area contributed by atoms with Crippen LogP contribution in [0.15, 0.2) is 54.6 Å². The zero-order chi connectivity index (χ0) is 78.5. The van der Waals surface area contributed by atoms with Gasteiger partial charge in [-0.3, -0.25) is 28.8 Å². The van der Waals surface area contributed by atoms with E-state index in [0.717, 1.165) is 91.9 Å². The summed E-state index contributed by atoms with van der Waals surface area (Å²) >= 11 is 3.48. The summed E-state index contributed by atoms with van der Waals surface area (Å²) in [6.45, 7) is 50.4. The smallest absolute Gasteiger partial charge is 0.344 e. The Bertz CT molecular complexity index is 3860. The molecule has 6 aromatic rings. The molecule has 3 heterocycles. The maximum atomic E-state index is 12.8. The largest absolute Gasteiger partial charge is 1.00 e.